The summed E-state index contributed by atoms with van der Waals surface area (Å²) in [7, 11) is 3.56. The summed E-state index contributed by atoms with van der Waals surface area (Å²) < 4.78 is 0. The van der Waals surface area contributed by atoms with E-state index >= 15 is 0 Å². The van der Waals surface area contributed by atoms with E-state index in [1.54, 1.807) is 37.7 Å². The Bertz CT molecular complexity index is 671. The van der Waals surface area contributed by atoms with Gasteiger partial charge in [0.05, 0.1) is 5.69 Å². The van der Waals surface area contributed by atoms with E-state index in [0.717, 1.165) is 35.4 Å². The molecule has 1 aliphatic heterocycles. The molecule has 114 valence electrons. The number of rotatable bonds is 1. The molecule has 1 aliphatic rings. The molecule has 0 saturated heterocycles. The molecule has 2 aromatic heterocycles. The Morgan fingerprint density at radius 3 is 2.59 bits per heavy atom. The highest BCUT2D eigenvalue weighted by Crippen LogP contribution is 2.25. The molecular formula is C16H19N5O. The number of urea groups is 1. The number of nitrogens with zero attached hydrogens (tertiary/aromatic N) is 5. The molecule has 0 aromatic carbocycles. The average Bonchev–Trinajstić information content (AvgIpc) is 2.77. The van der Waals surface area contributed by atoms with Gasteiger partial charge in [-0.3, -0.25) is 4.98 Å². The zero-order chi connectivity index (χ0) is 15.5. The number of amides is 2. The highest BCUT2D eigenvalue weighted by molar-refractivity contribution is 5.74. The quantitative estimate of drug-likeness (QED) is 0.802. The molecule has 0 N–H and O–H groups in total. The maximum atomic E-state index is 12.2. The van der Waals surface area contributed by atoms with Crippen LogP contribution in [0.2, 0.25) is 0 Å². The first-order chi connectivity index (χ1) is 10.7. The second-order valence-corrected chi connectivity index (χ2v) is 5.55. The Balaban J connectivity index is 1.91. The molecule has 6 nitrogen and oxygen atoms in total. The fourth-order valence-corrected chi connectivity index (χ4v) is 2.76. The molecule has 6 heteroatoms. The Kier molecular flexibility index (Phi) is 4.00. The summed E-state index contributed by atoms with van der Waals surface area (Å²) in [6.45, 7) is 1.38. The number of aromatic nitrogens is 3. The number of hydrogen-bond donors (Lipinski definition) is 0. The first-order valence-corrected chi connectivity index (χ1v) is 7.36. The zero-order valence-electron chi connectivity index (χ0n) is 12.9. The molecule has 2 aromatic rings. The third-order valence-electron chi connectivity index (χ3n) is 3.89. The Labute approximate surface area is 129 Å². The van der Waals surface area contributed by atoms with Gasteiger partial charge in [0.1, 0.15) is 6.33 Å². The summed E-state index contributed by atoms with van der Waals surface area (Å²) in [6.07, 6.45) is 6.67. The Hall–Kier alpha value is -2.50. The predicted molar refractivity (Wildman–Crippen MR) is 83.3 cm³/mol. The van der Waals surface area contributed by atoms with Crippen LogP contribution in [0.3, 0.4) is 0 Å². The van der Waals surface area contributed by atoms with Crippen molar-refractivity contribution in [3.05, 3.63) is 42.1 Å². The Morgan fingerprint density at radius 2 is 1.86 bits per heavy atom. The molecule has 2 amide bonds. The molecule has 0 spiro atoms. The van der Waals surface area contributed by atoms with Crippen LogP contribution >= 0.6 is 0 Å². The van der Waals surface area contributed by atoms with Crippen molar-refractivity contribution >= 4 is 6.03 Å². The fourth-order valence-electron chi connectivity index (χ4n) is 2.76. The van der Waals surface area contributed by atoms with Crippen molar-refractivity contribution in [2.45, 2.75) is 12.8 Å². The lowest BCUT2D eigenvalue weighted by molar-refractivity contribution is 0.173. The maximum absolute atomic E-state index is 12.2. The van der Waals surface area contributed by atoms with Gasteiger partial charge in [-0.15, -0.1) is 0 Å². The summed E-state index contributed by atoms with van der Waals surface area (Å²) in [6, 6.07) is 3.96. The highest BCUT2D eigenvalue weighted by Gasteiger charge is 2.22. The van der Waals surface area contributed by atoms with E-state index in [2.05, 4.69) is 15.0 Å². The topological polar surface area (TPSA) is 62.2 Å². The third-order valence-corrected chi connectivity index (χ3v) is 3.89. The minimum absolute atomic E-state index is 0.0474. The third kappa shape index (κ3) is 2.77. The Morgan fingerprint density at radius 1 is 1.14 bits per heavy atom. The van der Waals surface area contributed by atoms with Gasteiger partial charge in [-0.25, -0.2) is 14.8 Å². The summed E-state index contributed by atoms with van der Waals surface area (Å²) in [5.74, 6) is 0. The van der Waals surface area contributed by atoms with E-state index in [9.17, 15) is 4.79 Å². The van der Waals surface area contributed by atoms with Crippen LogP contribution in [0.4, 0.5) is 4.79 Å². The van der Waals surface area contributed by atoms with Crippen molar-refractivity contribution in [3.63, 3.8) is 0 Å². The molecule has 3 rings (SSSR count). The summed E-state index contributed by atoms with van der Waals surface area (Å²) in [5, 5.41) is 0. The lowest BCUT2D eigenvalue weighted by atomic mass is 10.0. The van der Waals surface area contributed by atoms with Gasteiger partial charge in [-0.1, -0.05) is 0 Å². The maximum Gasteiger partial charge on any atom is 0.319 e. The van der Waals surface area contributed by atoms with Crippen LogP contribution in [-0.4, -0.2) is 58.0 Å². The number of hydrogen-bond acceptors (Lipinski definition) is 4. The molecule has 0 unspecified atom stereocenters. The molecule has 0 fully saturated rings. The van der Waals surface area contributed by atoms with Crippen molar-refractivity contribution in [1.29, 1.82) is 0 Å². The van der Waals surface area contributed by atoms with E-state index in [1.807, 2.05) is 17.0 Å². The van der Waals surface area contributed by atoms with Crippen LogP contribution in [-0.2, 0) is 12.8 Å². The minimum atomic E-state index is 0.0474. The summed E-state index contributed by atoms with van der Waals surface area (Å²) >= 11 is 0. The molecular weight excluding hydrogens is 278 g/mol. The van der Waals surface area contributed by atoms with Crippen LogP contribution in [0, 0.1) is 0 Å². The van der Waals surface area contributed by atoms with E-state index < -0.39 is 0 Å². The van der Waals surface area contributed by atoms with E-state index in [1.165, 1.54) is 0 Å². The lowest BCUT2D eigenvalue weighted by Crippen LogP contribution is -2.40. The van der Waals surface area contributed by atoms with Crippen molar-refractivity contribution in [2.75, 3.05) is 27.2 Å². The van der Waals surface area contributed by atoms with Gasteiger partial charge in [0.15, 0.2) is 0 Å². The molecule has 0 aliphatic carbocycles. The normalized spacial score (nSPS) is 14.2. The standard InChI is InChI=1S/C16H19N5O/c1-20(2)16(22)21-9-5-13-14(6-10-21)18-11-19-15(13)12-3-7-17-8-4-12/h3-4,7-8,11H,5-6,9-10H2,1-2H3. The fraction of sp³-hybridized carbons (Fsp3) is 0.375. The smallest absolute Gasteiger partial charge is 0.319 e. The number of pyridine rings is 1. The number of carbonyl (C=O) groups excluding carboxylic acids is 1. The van der Waals surface area contributed by atoms with Gasteiger partial charge in [0, 0.05) is 62.8 Å². The first-order valence-electron chi connectivity index (χ1n) is 7.36. The molecule has 0 saturated carbocycles. The van der Waals surface area contributed by atoms with E-state index in [-0.39, 0.29) is 6.03 Å². The lowest BCUT2D eigenvalue weighted by Gasteiger charge is -2.24. The molecule has 22 heavy (non-hydrogen) atoms. The van der Waals surface area contributed by atoms with Gasteiger partial charge in [0.25, 0.3) is 0 Å². The van der Waals surface area contributed by atoms with Crippen LogP contribution in [0.5, 0.6) is 0 Å². The zero-order valence-corrected chi connectivity index (χ0v) is 12.9. The van der Waals surface area contributed by atoms with Crippen molar-refractivity contribution < 1.29 is 4.79 Å². The summed E-state index contributed by atoms with van der Waals surface area (Å²) in [4.78, 5) is 28.6. The number of fused-ring (bicyclic) bond motifs is 1. The average molecular weight is 297 g/mol. The molecule has 3 heterocycles. The molecule has 0 atom stereocenters. The van der Waals surface area contributed by atoms with Crippen molar-refractivity contribution in [2.24, 2.45) is 0 Å². The van der Waals surface area contributed by atoms with Crippen LogP contribution in [0.25, 0.3) is 11.3 Å². The van der Waals surface area contributed by atoms with Crippen LogP contribution in [0.15, 0.2) is 30.9 Å². The van der Waals surface area contributed by atoms with E-state index in [4.69, 9.17) is 0 Å². The molecule has 0 bridgehead atoms. The van der Waals surface area contributed by atoms with Crippen molar-refractivity contribution in [3.8, 4) is 11.3 Å². The van der Waals surface area contributed by atoms with E-state index in [0.29, 0.717) is 13.1 Å². The van der Waals surface area contributed by atoms with Gasteiger partial charge < -0.3 is 9.80 Å². The van der Waals surface area contributed by atoms with Gasteiger partial charge in [0.2, 0.25) is 0 Å². The summed E-state index contributed by atoms with van der Waals surface area (Å²) in [5.41, 5.74) is 4.17. The van der Waals surface area contributed by atoms with Crippen molar-refractivity contribution in [1.82, 2.24) is 24.8 Å². The SMILES string of the molecule is CN(C)C(=O)N1CCc2ncnc(-c3ccncc3)c2CC1. The minimum Gasteiger partial charge on any atom is -0.331 e. The van der Waals surface area contributed by atoms with Crippen LogP contribution < -0.4 is 0 Å². The number of carbonyl (C=O) groups is 1. The van der Waals surface area contributed by atoms with Gasteiger partial charge in [-0.2, -0.15) is 0 Å². The second kappa shape index (κ2) is 6.09. The molecule has 0 radical (unpaired) electrons. The van der Waals surface area contributed by atoms with Gasteiger partial charge >= 0.3 is 6.03 Å². The predicted octanol–water partition coefficient (Wildman–Crippen LogP) is 1.62. The van der Waals surface area contributed by atoms with Crippen LogP contribution in [0.1, 0.15) is 11.3 Å². The highest BCUT2D eigenvalue weighted by atomic mass is 16.2. The second-order valence-electron chi connectivity index (χ2n) is 5.55. The largest absolute Gasteiger partial charge is 0.331 e. The van der Waals surface area contributed by atoms with Gasteiger partial charge in [-0.05, 0) is 18.6 Å². The monoisotopic (exact) mass is 297 g/mol. The first kappa shape index (κ1) is 14.4.